The first-order chi connectivity index (χ1) is 19.4. The number of anilines is 1. The summed E-state index contributed by atoms with van der Waals surface area (Å²) in [6.07, 6.45) is 9.33. The second-order valence-electron chi connectivity index (χ2n) is 10.0. The molecule has 1 aliphatic rings. The molecule has 1 unspecified atom stereocenters. The van der Waals surface area contributed by atoms with Crippen LogP contribution < -0.4 is 10.1 Å². The van der Waals surface area contributed by atoms with Crippen LogP contribution in [0.4, 0.5) is 10.2 Å². The third kappa shape index (κ3) is 8.48. The number of fused-ring (bicyclic) bond motifs is 1. The Hall–Kier alpha value is -3.04. The molecule has 1 aliphatic carbocycles. The zero-order valence-electron chi connectivity index (χ0n) is 23.9. The third-order valence-corrected chi connectivity index (χ3v) is 7.86. The maximum atomic E-state index is 12.7. The number of hydrogen-bond acceptors (Lipinski definition) is 7. The van der Waals surface area contributed by atoms with Gasteiger partial charge in [0, 0.05) is 48.0 Å². The number of furan rings is 1. The number of thioether (sulfide) groups is 1. The minimum absolute atomic E-state index is 0.0466. The highest BCUT2D eigenvalue weighted by molar-refractivity contribution is 7.98. The first-order valence-corrected chi connectivity index (χ1v) is 15.2. The SMILES string of the molecule is COF.CSCCOc1ccc2oc(C(Nc3ccc(C(=O)N(C)CCC=O)cc3)C3CCCCC3)c(C)c2c1. The predicted octanol–water partition coefficient (Wildman–Crippen LogP) is 7.39. The van der Waals surface area contributed by atoms with Crippen molar-refractivity contribution in [2.45, 2.75) is 51.5 Å². The molecule has 2 aromatic carbocycles. The molecule has 0 saturated heterocycles. The Balaban J connectivity index is 0.00000141. The Kier molecular flexibility index (Phi) is 12.8. The molecular weight excluding hydrogens is 531 g/mol. The Bertz CT molecular complexity index is 1210. The molecule has 0 aliphatic heterocycles. The summed E-state index contributed by atoms with van der Waals surface area (Å²) in [5, 5.41) is 4.85. The number of nitrogens with zero attached hydrogens (tertiary/aromatic N) is 1. The van der Waals surface area contributed by atoms with Gasteiger partial charge in [0.1, 0.15) is 23.4 Å². The zero-order chi connectivity index (χ0) is 28.9. The number of ether oxygens (including phenoxy) is 1. The van der Waals surface area contributed by atoms with E-state index < -0.39 is 0 Å². The Morgan fingerprint density at radius 1 is 1.20 bits per heavy atom. The second kappa shape index (κ2) is 16.3. The van der Waals surface area contributed by atoms with Gasteiger partial charge in [0.05, 0.1) is 19.8 Å². The zero-order valence-corrected chi connectivity index (χ0v) is 24.7. The molecule has 7 nitrogen and oxygen atoms in total. The summed E-state index contributed by atoms with van der Waals surface area (Å²) in [4.78, 5) is 27.7. The minimum Gasteiger partial charge on any atom is -0.493 e. The van der Waals surface area contributed by atoms with Gasteiger partial charge < -0.3 is 24.2 Å². The van der Waals surface area contributed by atoms with Crippen molar-refractivity contribution in [2.75, 3.05) is 44.6 Å². The molecule has 1 saturated carbocycles. The van der Waals surface area contributed by atoms with Gasteiger partial charge in [0.25, 0.3) is 5.91 Å². The van der Waals surface area contributed by atoms with Crippen molar-refractivity contribution in [1.29, 1.82) is 0 Å². The van der Waals surface area contributed by atoms with E-state index in [0.29, 0.717) is 31.1 Å². The van der Waals surface area contributed by atoms with Crippen molar-refractivity contribution in [2.24, 2.45) is 5.92 Å². The average molecular weight is 573 g/mol. The standard InChI is InChI=1S/C30H38N2O4S.CH3FO/c1-21-26-20-25(35-18-19-37-3)14-15-27(26)36-29(21)28(22-8-5-4-6-9-22)31-24-12-10-23(11-13-24)30(34)32(2)16-7-17-33;1-3-2/h10-15,17,20,22,28,31H,4-9,16,18-19H2,1-3H3;1H3. The summed E-state index contributed by atoms with van der Waals surface area (Å²) < 4.78 is 22.2. The highest BCUT2D eigenvalue weighted by Crippen LogP contribution is 2.41. The summed E-state index contributed by atoms with van der Waals surface area (Å²) in [5.74, 6) is 3.21. The Morgan fingerprint density at radius 3 is 2.55 bits per heavy atom. The lowest BCUT2D eigenvalue weighted by atomic mass is 9.82. The molecule has 1 heterocycles. The molecule has 40 heavy (non-hydrogen) atoms. The molecule has 0 radical (unpaired) electrons. The largest absolute Gasteiger partial charge is 0.493 e. The van der Waals surface area contributed by atoms with Gasteiger partial charge in [-0.3, -0.25) is 4.79 Å². The van der Waals surface area contributed by atoms with Crippen LogP contribution in [-0.2, 0) is 9.74 Å². The molecule has 1 amide bonds. The quantitative estimate of drug-likeness (QED) is 0.179. The summed E-state index contributed by atoms with van der Waals surface area (Å²) >= 11 is 1.77. The first-order valence-electron chi connectivity index (χ1n) is 13.8. The molecule has 0 bridgehead atoms. The van der Waals surface area contributed by atoms with Crippen molar-refractivity contribution in [3.63, 3.8) is 0 Å². The number of halogens is 1. The number of carbonyl (C=O) groups is 2. The number of amides is 1. The molecule has 4 rings (SSSR count). The second-order valence-corrected chi connectivity index (χ2v) is 11.0. The van der Waals surface area contributed by atoms with Crippen LogP contribution in [0, 0.1) is 12.8 Å². The van der Waals surface area contributed by atoms with Crippen LogP contribution in [0.2, 0.25) is 0 Å². The highest BCUT2D eigenvalue weighted by atomic mass is 32.2. The van der Waals surface area contributed by atoms with Crippen LogP contribution in [0.5, 0.6) is 5.75 Å². The van der Waals surface area contributed by atoms with Crippen LogP contribution in [0.25, 0.3) is 11.0 Å². The van der Waals surface area contributed by atoms with Gasteiger partial charge in [-0.2, -0.15) is 16.7 Å². The number of carbonyl (C=O) groups excluding carboxylic acids is 2. The number of hydrogen-bond donors (Lipinski definition) is 1. The Labute approximate surface area is 240 Å². The van der Waals surface area contributed by atoms with Crippen molar-refractivity contribution in [1.82, 2.24) is 4.90 Å². The molecular formula is C31H41FN2O5S. The number of aldehydes is 1. The van der Waals surface area contributed by atoms with Gasteiger partial charge in [0.2, 0.25) is 0 Å². The number of benzene rings is 2. The van der Waals surface area contributed by atoms with E-state index in [1.807, 2.05) is 36.4 Å². The third-order valence-electron chi connectivity index (χ3n) is 7.29. The Morgan fingerprint density at radius 2 is 1.90 bits per heavy atom. The first kappa shape index (κ1) is 31.5. The van der Waals surface area contributed by atoms with Crippen molar-refractivity contribution < 1.29 is 28.2 Å². The van der Waals surface area contributed by atoms with Crippen LogP contribution >= 0.6 is 11.8 Å². The fourth-order valence-electron chi connectivity index (χ4n) is 5.17. The average Bonchev–Trinajstić information content (AvgIpc) is 3.30. The fourth-order valence-corrected chi connectivity index (χ4v) is 5.42. The maximum absolute atomic E-state index is 12.7. The van der Waals surface area contributed by atoms with E-state index >= 15 is 0 Å². The van der Waals surface area contributed by atoms with E-state index in [2.05, 4.69) is 29.5 Å². The molecule has 3 aromatic rings. The number of aryl methyl sites for hydroxylation is 1. The molecule has 1 N–H and O–H groups in total. The van der Waals surface area contributed by atoms with Crippen molar-refractivity contribution in [3.8, 4) is 5.75 Å². The lowest BCUT2D eigenvalue weighted by molar-refractivity contribution is -0.108. The van der Waals surface area contributed by atoms with Crippen LogP contribution in [0.1, 0.15) is 66.2 Å². The van der Waals surface area contributed by atoms with Gasteiger partial charge >= 0.3 is 0 Å². The van der Waals surface area contributed by atoms with Gasteiger partial charge in [-0.05, 0) is 78.9 Å². The van der Waals surface area contributed by atoms with Crippen molar-refractivity contribution in [3.05, 3.63) is 59.4 Å². The number of rotatable bonds is 12. The summed E-state index contributed by atoms with van der Waals surface area (Å²) in [6.45, 7) is 3.25. The van der Waals surface area contributed by atoms with E-state index in [-0.39, 0.29) is 11.9 Å². The summed E-state index contributed by atoms with van der Waals surface area (Å²) in [6, 6.07) is 13.8. The molecule has 1 aromatic heterocycles. The summed E-state index contributed by atoms with van der Waals surface area (Å²) in [5.41, 5.74) is 3.61. The molecule has 218 valence electrons. The van der Waals surface area contributed by atoms with E-state index in [0.717, 1.165) is 65.7 Å². The molecule has 1 atom stereocenters. The van der Waals surface area contributed by atoms with Gasteiger partial charge in [-0.25, -0.2) is 0 Å². The smallest absolute Gasteiger partial charge is 0.253 e. The van der Waals surface area contributed by atoms with Gasteiger partial charge in [-0.1, -0.05) is 19.3 Å². The lowest BCUT2D eigenvalue weighted by Crippen LogP contribution is -2.28. The summed E-state index contributed by atoms with van der Waals surface area (Å²) in [7, 11) is 2.68. The van der Waals surface area contributed by atoms with E-state index in [4.69, 9.17) is 9.15 Å². The lowest BCUT2D eigenvalue weighted by Gasteiger charge is -2.31. The van der Waals surface area contributed by atoms with Gasteiger partial charge in [-0.15, -0.1) is 0 Å². The molecule has 9 heteroatoms. The topological polar surface area (TPSA) is 81.0 Å². The van der Waals surface area contributed by atoms with Crippen LogP contribution in [-0.4, -0.2) is 56.4 Å². The molecule has 1 fully saturated rings. The molecule has 0 spiro atoms. The van der Waals surface area contributed by atoms with Crippen LogP contribution in [0.15, 0.2) is 46.9 Å². The predicted molar refractivity (Wildman–Crippen MR) is 160 cm³/mol. The van der Waals surface area contributed by atoms with Crippen molar-refractivity contribution >= 4 is 40.6 Å². The fraction of sp³-hybridized carbons (Fsp3) is 0.484. The number of nitrogens with one attached hydrogen (secondary N) is 1. The van der Waals surface area contributed by atoms with E-state index in [1.165, 1.54) is 19.3 Å². The van der Waals surface area contributed by atoms with E-state index in [9.17, 15) is 14.1 Å². The maximum Gasteiger partial charge on any atom is 0.253 e. The van der Waals surface area contributed by atoms with Gasteiger partial charge in [0.15, 0.2) is 0 Å². The van der Waals surface area contributed by atoms with Crippen LogP contribution in [0.3, 0.4) is 0 Å². The minimum atomic E-state index is -0.0825. The van der Waals surface area contributed by atoms with E-state index in [1.54, 1.807) is 23.7 Å². The monoisotopic (exact) mass is 572 g/mol. The highest BCUT2D eigenvalue weighted by Gasteiger charge is 2.30. The normalized spacial score (nSPS) is 14.2.